The zero-order valence-corrected chi connectivity index (χ0v) is 12.1. The summed E-state index contributed by atoms with van der Waals surface area (Å²) in [5, 5.41) is 2.71. The van der Waals surface area contributed by atoms with Gasteiger partial charge in [-0.25, -0.2) is 9.37 Å². The summed E-state index contributed by atoms with van der Waals surface area (Å²) in [6.07, 6.45) is 1.61. The van der Waals surface area contributed by atoms with Crippen LogP contribution in [0.5, 0.6) is 0 Å². The van der Waals surface area contributed by atoms with Gasteiger partial charge >= 0.3 is 0 Å². The number of aryl methyl sites for hydroxylation is 2. The minimum Gasteiger partial charge on any atom is -0.306 e. The van der Waals surface area contributed by atoms with Crippen LogP contribution in [0.15, 0.2) is 34.9 Å². The highest BCUT2D eigenvalue weighted by molar-refractivity contribution is 9.10. The Bertz CT molecular complexity index is 643. The quantitative estimate of drug-likeness (QED) is 0.912. The summed E-state index contributed by atoms with van der Waals surface area (Å²) >= 11 is 3.31. The largest absolute Gasteiger partial charge is 0.306 e. The van der Waals surface area contributed by atoms with Crippen molar-refractivity contribution in [1.82, 2.24) is 4.98 Å². The van der Waals surface area contributed by atoms with Crippen LogP contribution in [-0.4, -0.2) is 10.9 Å². The number of nitrogens with one attached hydrogen (secondary N) is 1. The summed E-state index contributed by atoms with van der Waals surface area (Å²) in [6.45, 7) is 3.47. The summed E-state index contributed by atoms with van der Waals surface area (Å²) in [5.74, 6) is -0.134. The molecule has 0 aliphatic rings. The Kier molecular flexibility index (Phi) is 3.95. The van der Waals surface area contributed by atoms with Crippen molar-refractivity contribution in [3.8, 4) is 0 Å². The number of hydrogen-bond donors (Lipinski definition) is 1. The number of hydrogen-bond acceptors (Lipinski definition) is 2. The van der Waals surface area contributed by atoms with Gasteiger partial charge < -0.3 is 5.32 Å². The van der Waals surface area contributed by atoms with Crippen molar-refractivity contribution in [3.63, 3.8) is 0 Å². The Morgan fingerprint density at radius 2 is 2.00 bits per heavy atom. The summed E-state index contributed by atoms with van der Waals surface area (Å²) in [5.41, 5.74) is 1.69. The Hall–Kier alpha value is -1.75. The van der Waals surface area contributed by atoms with Crippen LogP contribution in [0.25, 0.3) is 0 Å². The number of aromatic nitrogens is 1. The molecule has 1 heterocycles. The first-order valence-electron chi connectivity index (χ1n) is 5.67. The van der Waals surface area contributed by atoms with E-state index in [-0.39, 0.29) is 11.7 Å². The molecule has 19 heavy (non-hydrogen) atoms. The van der Waals surface area contributed by atoms with E-state index in [9.17, 15) is 9.18 Å². The van der Waals surface area contributed by atoms with Gasteiger partial charge in [-0.3, -0.25) is 4.79 Å². The third-order valence-corrected chi connectivity index (χ3v) is 3.13. The molecule has 0 spiro atoms. The first-order chi connectivity index (χ1) is 8.97. The maximum atomic E-state index is 13.1. The fourth-order valence-electron chi connectivity index (χ4n) is 1.64. The number of carbonyl (C=O) groups is 1. The lowest BCUT2D eigenvalue weighted by Gasteiger charge is -2.08. The molecule has 0 saturated carbocycles. The molecular weight excluding hydrogens is 311 g/mol. The molecular formula is C14H12BrFN2O. The molecule has 0 atom stereocenters. The third-order valence-electron chi connectivity index (χ3n) is 2.70. The molecule has 3 nitrogen and oxygen atoms in total. The van der Waals surface area contributed by atoms with Crippen molar-refractivity contribution in [2.45, 2.75) is 13.8 Å². The molecule has 2 rings (SSSR count). The molecule has 0 aliphatic carbocycles. The maximum absolute atomic E-state index is 13.1. The number of carbonyl (C=O) groups excluding carboxylic acids is 1. The highest BCUT2D eigenvalue weighted by Crippen LogP contribution is 2.18. The standard InChI is InChI=1S/C14H12BrFN2O/c1-8-5-10(3-4-12(8)16)14(19)18-13-9(2)6-11(15)7-17-13/h3-7H,1-2H3,(H,17,18,19). The topological polar surface area (TPSA) is 42.0 Å². The summed E-state index contributed by atoms with van der Waals surface area (Å²) in [4.78, 5) is 16.2. The van der Waals surface area contributed by atoms with Gasteiger partial charge in [-0.05, 0) is 65.2 Å². The minimum absolute atomic E-state index is 0.305. The van der Waals surface area contributed by atoms with Crippen molar-refractivity contribution in [2.75, 3.05) is 5.32 Å². The molecule has 0 radical (unpaired) electrons. The maximum Gasteiger partial charge on any atom is 0.256 e. The number of benzene rings is 1. The van der Waals surface area contributed by atoms with Gasteiger partial charge in [0.1, 0.15) is 11.6 Å². The molecule has 5 heteroatoms. The van der Waals surface area contributed by atoms with E-state index in [1.807, 2.05) is 13.0 Å². The predicted octanol–water partition coefficient (Wildman–Crippen LogP) is 3.85. The van der Waals surface area contributed by atoms with E-state index >= 15 is 0 Å². The van der Waals surface area contributed by atoms with E-state index in [2.05, 4.69) is 26.2 Å². The zero-order chi connectivity index (χ0) is 14.0. The molecule has 2 aromatic rings. The monoisotopic (exact) mass is 322 g/mol. The van der Waals surface area contributed by atoms with Crippen molar-refractivity contribution in [2.24, 2.45) is 0 Å². The van der Waals surface area contributed by atoms with E-state index in [1.165, 1.54) is 18.2 Å². The second-order valence-corrected chi connectivity index (χ2v) is 5.15. The molecule has 0 unspecified atom stereocenters. The highest BCUT2D eigenvalue weighted by atomic mass is 79.9. The first kappa shape index (κ1) is 13.7. The Morgan fingerprint density at radius 3 is 2.63 bits per heavy atom. The van der Waals surface area contributed by atoms with Crippen molar-refractivity contribution in [1.29, 1.82) is 0 Å². The van der Waals surface area contributed by atoms with E-state index in [0.29, 0.717) is 16.9 Å². The second kappa shape index (κ2) is 5.48. The number of anilines is 1. The molecule has 1 amide bonds. The van der Waals surface area contributed by atoms with Gasteiger partial charge in [0.15, 0.2) is 0 Å². The van der Waals surface area contributed by atoms with Gasteiger partial charge in [0.05, 0.1) is 0 Å². The fourth-order valence-corrected chi connectivity index (χ4v) is 2.08. The van der Waals surface area contributed by atoms with Crippen LogP contribution in [0.1, 0.15) is 21.5 Å². The first-order valence-corrected chi connectivity index (χ1v) is 6.46. The number of nitrogens with zero attached hydrogens (tertiary/aromatic N) is 1. The molecule has 0 aliphatic heterocycles. The average molecular weight is 323 g/mol. The van der Waals surface area contributed by atoms with Crippen LogP contribution < -0.4 is 5.32 Å². The van der Waals surface area contributed by atoms with E-state index < -0.39 is 0 Å². The average Bonchev–Trinajstić information content (AvgIpc) is 2.36. The molecule has 1 aromatic carbocycles. The lowest BCUT2D eigenvalue weighted by molar-refractivity contribution is 0.102. The summed E-state index contributed by atoms with van der Waals surface area (Å²) in [7, 11) is 0. The molecule has 0 fully saturated rings. The van der Waals surface area contributed by atoms with Crippen LogP contribution in [0.2, 0.25) is 0 Å². The van der Waals surface area contributed by atoms with E-state index in [1.54, 1.807) is 13.1 Å². The Balaban J connectivity index is 2.23. The van der Waals surface area contributed by atoms with E-state index in [4.69, 9.17) is 0 Å². The SMILES string of the molecule is Cc1cc(C(=O)Nc2ncc(Br)cc2C)ccc1F. The Morgan fingerprint density at radius 1 is 1.26 bits per heavy atom. The van der Waals surface area contributed by atoms with Crippen LogP contribution in [0.4, 0.5) is 10.2 Å². The number of amides is 1. The van der Waals surface area contributed by atoms with Gasteiger partial charge in [-0.15, -0.1) is 0 Å². The molecule has 0 saturated heterocycles. The number of halogens is 2. The van der Waals surface area contributed by atoms with Crippen LogP contribution in [0.3, 0.4) is 0 Å². The number of pyridine rings is 1. The predicted molar refractivity (Wildman–Crippen MR) is 75.8 cm³/mol. The van der Waals surface area contributed by atoms with E-state index in [0.717, 1.165) is 10.0 Å². The van der Waals surface area contributed by atoms with Crippen LogP contribution in [-0.2, 0) is 0 Å². The van der Waals surface area contributed by atoms with Gasteiger partial charge in [0.25, 0.3) is 5.91 Å². The zero-order valence-electron chi connectivity index (χ0n) is 10.5. The van der Waals surface area contributed by atoms with Gasteiger partial charge in [-0.1, -0.05) is 0 Å². The normalized spacial score (nSPS) is 10.3. The van der Waals surface area contributed by atoms with Crippen molar-refractivity contribution >= 4 is 27.7 Å². The van der Waals surface area contributed by atoms with Crippen molar-refractivity contribution in [3.05, 3.63) is 57.4 Å². The smallest absolute Gasteiger partial charge is 0.256 e. The molecule has 1 N–H and O–H groups in total. The fraction of sp³-hybridized carbons (Fsp3) is 0.143. The lowest BCUT2D eigenvalue weighted by Crippen LogP contribution is -2.14. The third kappa shape index (κ3) is 3.17. The molecule has 1 aromatic heterocycles. The molecule has 98 valence electrons. The molecule has 0 bridgehead atoms. The Labute approximate surface area is 119 Å². The van der Waals surface area contributed by atoms with Crippen LogP contribution in [0, 0.1) is 19.7 Å². The summed E-state index contributed by atoms with van der Waals surface area (Å²) < 4.78 is 14.0. The minimum atomic E-state index is -0.325. The van der Waals surface area contributed by atoms with Crippen LogP contribution >= 0.6 is 15.9 Å². The number of rotatable bonds is 2. The summed E-state index contributed by atoms with van der Waals surface area (Å²) in [6, 6.07) is 6.11. The van der Waals surface area contributed by atoms with Crippen molar-refractivity contribution < 1.29 is 9.18 Å². The lowest BCUT2D eigenvalue weighted by atomic mass is 10.1. The van der Waals surface area contributed by atoms with Gasteiger partial charge in [0.2, 0.25) is 0 Å². The highest BCUT2D eigenvalue weighted by Gasteiger charge is 2.10. The van der Waals surface area contributed by atoms with Gasteiger partial charge in [-0.2, -0.15) is 0 Å². The van der Waals surface area contributed by atoms with Gasteiger partial charge in [0, 0.05) is 16.2 Å². The second-order valence-electron chi connectivity index (χ2n) is 4.24.